The summed E-state index contributed by atoms with van der Waals surface area (Å²) in [5, 5.41) is 20.0. The van der Waals surface area contributed by atoms with Gasteiger partial charge in [0.1, 0.15) is 5.54 Å². The molecule has 0 saturated carbocycles. The molecule has 2 aromatic rings. The van der Waals surface area contributed by atoms with Crippen LogP contribution < -0.4 is 5.73 Å². The van der Waals surface area contributed by atoms with Crippen LogP contribution >= 0.6 is 11.3 Å². The molecule has 0 bridgehead atoms. The maximum Gasteiger partial charge on any atom is 0.238 e. The van der Waals surface area contributed by atoms with E-state index < -0.39 is 11.5 Å². The highest BCUT2D eigenvalue weighted by Gasteiger charge is 2.45. The Morgan fingerprint density at radius 2 is 2.11 bits per heavy atom. The monoisotopic (exact) mass is 375 g/mol. The molecule has 1 aromatic carbocycles. The lowest BCUT2D eigenvalue weighted by atomic mass is 9.81. The Balaban J connectivity index is 2.09. The molecule has 1 aliphatic heterocycles. The molecule has 0 fully saturated rings. The number of benzene rings is 1. The molecule has 3 rings (SSSR count). The minimum absolute atomic E-state index is 0.144. The lowest BCUT2D eigenvalue weighted by Gasteiger charge is -2.38. The van der Waals surface area contributed by atoms with Crippen molar-refractivity contribution in [3.8, 4) is 23.3 Å². The number of rotatable bonds is 3. The van der Waals surface area contributed by atoms with E-state index in [4.69, 9.17) is 16.3 Å². The van der Waals surface area contributed by atoms with Gasteiger partial charge in [0.05, 0.1) is 23.6 Å². The van der Waals surface area contributed by atoms with Crippen molar-refractivity contribution < 1.29 is 4.79 Å². The molecule has 27 heavy (non-hydrogen) atoms. The van der Waals surface area contributed by atoms with Crippen LogP contribution in [-0.2, 0) is 10.3 Å². The van der Waals surface area contributed by atoms with Gasteiger partial charge in [0, 0.05) is 18.0 Å². The molecule has 2 N–H and O–H groups in total. The Labute approximate surface area is 161 Å². The number of carbonyl (C=O) groups is 1. The molecule has 1 aromatic heterocycles. The molecule has 0 radical (unpaired) electrons. The van der Waals surface area contributed by atoms with Crippen LogP contribution in [0.4, 0.5) is 0 Å². The van der Waals surface area contributed by atoms with Crippen molar-refractivity contribution in [3.05, 3.63) is 58.3 Å². The molecule has 7 heteroatoms. The first kappa shape index (κ1) is 18.4. The zero-order valence-electron chi connectivity index (χ0n) is 14.9. The molecule has 2 heterocycles. The Morgan fingerprint density at radius 1 is 1.33 bits per heavy atom. The SMILES string of the molecule is CN1C(=O)C(/C=C/C#N)[C@@](C)(c2cc(-c3cccc(C#N)c3)cs2)N=C1N. The highest BCUT2D eigenvalue weighted by Crippen LogP contribution is 2.43. The van der Waals surface area contributed by atoms with Crippen molar-refractivity contribution in [1.29, 1.82) is 10.5 Å². The fourth-order valence-corrected chi connectivity index (χ4v) is 4.15. The van der Waals surface area contributed by atoms with E-state index in [-0.39, 0.29) is 11.9 Å². The van der Waals surface area contributed by atoms with Gasteiger partial charge in [-0.3, -0.25) is 9.69 Å². The number of thiophene rings is 1. The van der Waals surface area contributed by atoms with Crippen molar-refractivity contribution in [2.45, 2.75) is 12.5 Å². The average molecular weight is 375 g/mol. The fourth-order valence-electron chi connectivity index (χ4n) is 3.08. The van der Waals surface area contributed by atoms with Gasteiger partial charge < -0.3 is 5.73 Å². The highest BCUT2D eigenvalue weighted by molar-refractivity contribution is 7.10. The Morgan fingerprint density at radius 3 is 2.81 bits per heavy atom. The largest absolute Gasteiger partial charge is 0.369 e. The molecular weight excluding hydrogens is 358 g/mol. The van der Waals surface area contributed by atoms with Gasteiger partial charge in [-0.2, -0.15) is 10.5 Å². The number of hydrogen-bond donors (Lipinski definition) is 1. The third kappa shape index (κ3) is 3.21. The maximum atomic E-state index is 12.8. The van der Waals surface area contributed by atoms with Crippen molar-refractivity contribution in [1.82, 2.24) is 4.90 Å². The molecule has 134 valence electrons. The fraction of sp³-hybridized carbons (Fsp3) is 0.200. The van der Waals surface area contributed by atoms with Crippen LogP contribution in [0.3, 0.4) is 0 Å². The van der Waals surface area contributed by atoms with E-state index in [1.165, 1.54) is 22.3 Å². The minimum atomic E-state index is -0.906. The Bertz CT molecular complexity index is 1040. The summed E-state index contributed by atoms with van der Waals surface area (Å²) in [6, 6.07) is 13.4. The van der Waals surface area contributed by atoms with Crippen LogP contribution in [-0.4, -0.2) is 23.8 Å². The van der Waals surface area contributed by atoms with Crippen LogP contribution in [0, 0.1) is 28.6 Å². The van der Waals surface area contributed by atoms with Gasteiger partial charge in [-0.25, -0.2) is 4.99 Å². The number of nitrogens with zero attached hydrogens (tertiary/aromatic N) is 4. The summed E-state index contributed by atoms with van der Waals surface area (Å²) in [4.78, 5) is 19.5. The molecule has 1 unspecified atom stereocenters. The van der Waals surface area contributed by atoms with Gasteiger partial charge in [0.2, 0.25) is 5.91 Å². The summed E-state index contributed by atoms with van der Waals surface area (Å²) < 4.78 is 0. The van der Waals surface area contributed by atoms with E-state index in [1.807, 2.05) is 42.6 Å². The Kier molecular flexibility index (Phi) is 4.81. The number of amides is 1. The third-order valence-electron chi connectivity index (χ3n) is 4.68. The number of guanidine groups is 1. The van der Waals surface area contributed by atoms with Crippen molar-refractivity contribution in [2.24, 2.45) is 16.6 Å². The van der Waals surface area contributed by atoms with Gasteiger partial charge >= 0.3 is 0 Å². The molecule has 6 nitrogen and oxygen atoms in total. The smallest absolute Gasteiger partial charge is 0.238 e. The van der Waals surface area contributed by atoms with Gasteiger partial charge in [-0.05, 0) is 41.6 Å². The normalized spacial score (nSPS) is 22.4. The van der Waals surface area contributed by atoms with Crippen LogP contribution in [0.5, 0.6) is 0 Å². The zero-order chi connectivity index (χ0) is 19.6. The first-order valence-electron chi connectivity index (χ1n) is 8.19. The van der Waals surface area contributed by atoms with E-state index in [0.717, 1.165) is 16.0 Å². The predicted molar refractivity (Wildman–Crippen MR) is 104 cm³/mol. The standard InChI is InChI=1S/C20H17N5OS/c1-20(16(7-4-8-21)18(26)25(2)19(23)24-20)17-10-15(12-27-17)14-6-3-5-13(9-14)11-22/h3-7,9-10,12,16H,1-2H3,(H2,23,24)/b7-4+/t16?,20-/m0/s1. The lowest BCUT2D eigenvalue weighted by Crippen LogP contribution is -2.52. The van der Waals surface area contributed by atoms with Gasteiger partial charge in [0.25, 0.3) is 0 Å². The van der Waals surface area contributed by atoms with E-state index in [9.17, 15) is 4.79 Å². The molecule has 0 spiro atoms. The predicted octanol–water partition coefficient (Wildman–Crippen LogP) is 2.98. The molecular formula is C20H17N5OS. The second-order valence-corrected chi connectivity index (χ2v) is 7.28. The summed E-state index contributed by atoms with van der Waals surface area (Å²) in [5.41, 5.74) is 7.50. The van der Waals surface area contributed by atoms with Crippen molar-refractivity contribution >= 4 is 23.2 Å². The first-order chi connectivity index (χ1) is 12.9. The summed E-state index contributed by atoms with van der Waals surface area (Å²) in [6.07, 6.45) is 2.88. The van der Waals surface area contributed by atoms with Gasteiger partial charge in [0.15, 0.2) is 5.96 Å². The van der Waals surface area contributed by atoms with Crippen LogP contribution in [0.2, 0.25) is 0 Å². The quantitative estimate of drug-likeness (QED) is 0.832. The van der Waals surface area contributed by atoms with E-state index >= 15 is 0 Å². The summed E-state index contributed by atoms with van der Waals surface area (Å²) in [7, 11) is 1.57. The number of nitrogens with two attached hydrogens (primary N) is 1. The van der Waals surface area contributed by atoms with Crippen LogP contribution in [0.1, 0.15) is 17.4 Å². The number of allylic oxidation sites excluding steroid dienone is 1. The maximum absolute atomic E-state index is 12.8. The zero-order valence-corrected chi connectivity index (χ0v) is 15.7. The van der Waals surface area contributed by atoms with Crippen LogP contribution in [0.15, 0.2) is 52.9 Å². The molecule has 1 aliphatic rings. The summed E-state index contributed by atoms with van der Waals surface area (Å²) in [6.45, 7) is 1.85. The Hall–Kier alpha value is -3.42. The second kappa shape index (κ2) is 7.06. The average Bonchev–Trinajstić information content (AvgIpc) is 3.17. The van der Waals surface area contributed by atoms with E-state index in [0.29, 0.717) is 5.56 Å². The summed E-state index contributed by atoms with van der Waals surface area (Å²) in [5.74, 6) is -0.699. The second-order valence-electron chi connectivity index (χ2n) is 6.37. The number of nitriles is 2. The molecule has 2 atom stereocenters. The van der Waals surface area contributed by atoms with Gasteiger partial charge in [-0.15, -0.1) is 11.3 Å². The highest BCUT2D eigenvalue weighted by atomic mass is 32.1. The van der Waals surface area contributed by atoms with Crippen molar-refractivity contribution in [2.75, 3.05) is 7.05 Å². The van der Waals surface area contributed by atoms with E-state index in [1.54, 1.807) is 19.2 Å². The molecule has 0 saturated heterocycles. The molecule has 0 aliphatic carbocycles. The first-order valence-corrected chi connectivity index (χ1v) is 9.07. The third-order valence-corrected chi connectivity index (χ3v) is 5.84. The van der Waals surface area contributed by atoms with E-state index in [2.05, 4.69) is 11.1 Å². The van der Waals surface area contributed by atoms with Crippen LogP contribution in [0.25, 0.3) is 11.1 Å². The van der Waals surface area contributed by atoms with Gasteiger partial charge in [-0.1, -0.05) is 18.2 Å². The number of aliphatic imine (C=N–C) groups is 1. The number of carbonyl (C=O) groups excluding carboxylic acids is 1. The topological polar surface area (TPSA) is 106 Å². The van der Waals surface area contributed by atoms with Crippen molar-refractivity contribution in [3.63, 3.8) is 0 Å². The summed E-state index contributed by atoms with van der Waals surface area (Å²) >= 11 is 1.47. The molecule has 1 amide bonds. The lowest BCUT2D eigenvalue weighted by molar-refractivity contribution is -0.132. The number of hydrogen-bond acceptors (Lipinski definition) is 6. The minimum Gasteiger partial charge on any atom is -0.369 e.